The second kappa shape index (κ2) is 9.85. The van der Waals surface area contributed by atoms with E-state index in [1.165, 1.54) is 25.0 Å². The first-order valence-corrected chi connectivity index (χ1v) is 11.6. The fourth-order valence-corrected chi connectivity index (χ4v) is 4.84. The first-order valence-electron chi connectivity index (χ1n) is 11.2. The molecule has 5 rings (SSSR count). The zero-order chi connectivity index (χ0) is 22.6. The Kier molecular flexibility index (Phi) is 6.51. The summed E-state index contributed by atoms with van der Waals surface area (Å²) in [5, 5.41) is 13.6. The van der Waals surface area contributed by atoms with E-state index in [1.54, 1.807) is 18.4 Å². The van der Waals surface area contributed by atoms with Gasteiger partial charge >= 0.3 is 0 Å². The summed E-state index contributed by atoms with van der Waals surface area (Å²) in [7, 11) is 0. The van der Waals surface area contributed by atoms with Crippen LogP contribution >= 0.6 is 11.6 Å². The van der Waals surface area contributed by atoms with E-state index in [0.29, 0.717) is 18.1 Å². The van der Waals surface area contributed by atoms with Crippen molar-refractivity contribution in [2.75, 3.05) is 0 Å². The molecule has 2 aromatic heterocycles. The number of aromatic nitrogens is 4. The van der Waals surface area contributed by atoms with Crippen LogP contribution in [0.15, 0.2) is 71.3 Å². The Labute approximate surface area is 197 Å². The van der Waals surface area contributed by atoms with Crippen LogP contribution in [-0.4, -0.2) is 25.1 Å². The lowest BCUT2D eigenvalue weighted by Crippen LogP contribution is -2.32. The summed E-state index contributed by atoms with van der Waals surface area (Å²) >= 11 is 6.54. The molecule has 0 unspecified atom stereocenters. The summed E-state index contributed by atoms with van der Waals surface area (Å²) in [6, 6.07) is 18.1. The van der Waals surface area contributed by atoms with E-state index in [1.807, 2.05) is 41.1 Å². The molecule has 4 aromatic rings. The van der Waals surface area contributed by atoms with Crippen molar-refractivity contribution >= 4 is 11.6 Å². The molecule has 6 nitrogen and oxygen atoms in total. The molecule has 0 amide bonds. The van der Waals surface area contributed by atoms with E-state index in [-0.39, 0.29) is 17.9 Å². The molecule has 0 spiro atoms. The molecule has 0 saturated heterocycles. The molecule has 1 aliphatic carbocycles. The van der Waals surface area contributed by atoms with Gasteiger partial charge in [0.15, 0.2) is 5.82 Å². The second-order valence-electron chi connectivity index (χ2n) is 8.45. The normalized spacial score (nSPS) is 15.4. The van der Waals surface area contributed by atoms with E-state index in [2.05, 4.69) is 20.4 Å². The predicted molar refractivity (Wildman–Crippen MR) is 123 cm³/mol. The van der Waals surface area contributed by atoms with Crippen molar-refractivity contribution in [3.63, 3.8) is 0 Å². The van der Waals surface area contributed by atoms with Crippen molar-refractivity contribution in [2.45, 2.75) is 50.9 Å². The Balaban J connectivity index is 1.60. The number of tetrazole rings is 1. The molecular weight excluding hydrogens is 441 g/mol. The Morgan fingerprint density at radius 3 is 2.55 bits per heavy atom. The minimum Gasteiger partial charge on any atom is -0.468 e. The monoisotopic (exact) mass is 465 g/mol. The number of halogens is 2. The quantitative estimate of drug-likeness (QED) is 0.321. The van der Waals surface area contributed by atoms with Crippen molar-refractivity contribution in [1.82, 2.24) is 25.1 Å². The summed E-state index contributed by atoms with van der Waals surface area (Å²) in [6.45, 7) is 1.05. The highest BCUT2D eigenvalue weighted by Gasteiger charge is 2.32. The van der Waals surface area contributed by atoms with Crippen LogP contribution in [0.2, 0.25) is 5.02 Å². The number of hydrogen-bond acceptors (Lipinski definition) is 5. The third kappa shape index (κ3) is 4.84. The molecular formula is C25H25ClFN5O. The van der Waals surface area contributed by atoms with E-state index in [4.69, 9.17) is 16.0 Å². The van der Waals surface area contributed by atoms with Gasteiger partial charge in [0.2, 0.25) is 0 Å². The molecule has 8 heteroatoms. The highest BCUT2D eigenvalue weighted by molar-refractivity contribution is 6.31. The standard InChI is InChI=1S/C25H25ClFN5O/c26-23-10-4-1-6-19(23)16-31(17-22-9-5-15-33-22)24(18-11-13-20(27)14-12-18)25-28-29-30-32(25)21-7-2-3-8-21/h1,4-6,9-15,21,24H,2-3,7-8,16-17H2/t24-/m1/s1. The first kappa shape index (κ1) is 21.8. The maximum atomic E-state index is 13.8. The van der Waals surface area contributed by atoms with Crippen molar-refractivity contribution in [1.29, 1.82) is 0 Å². The Morgan fingerprint density at radius 1 is 1.03 bits per heavy atom. The molecule has 0 N–H and O–H groups in total. The highest BCUT2D eigenvalue weighted by Crippen LogP contribution is 2.36. The van der Waals surface area contributed by atoms with Gasteiger partial charge in [0.25, 0.3) is 0 Å². The SMILES string of the molecule is Fc1ccc([C@H](c2nnnn2C2CCCC2)N(Cc2ccco2)Cc2ccccc2Cl)cc1. The minimum atomic E-state index is -0.317. The van der Waals surface area contributed by atoms with Gasteiger partial charge in [-0.2, -0.15) is 0 Å². The van der Waals surface area contributed by atoms with Crippen LogP contribution < -0.4 is 0 Å². The number of furan rings is 1. The average molecular weight is 466 g/mol. The molecule has 1 atom stereocenters. The van der Waals surface area contributed by atoms with E-state index in [0.717, 1.165) is 35.6 Å². The Bertz CT molecular complexity index is 1170. The molecule has 1 fully saturated rings. The van der Waals surface area contributed by atoms with E-state index < -0.39 is 0 Å². The maximum absolute atomic E-state index is 13.8. The lowest BCUT2D eigenvalue weighted by molar-refractivity contribution is 0.177. The van der Waals surface area contributed by atoms with Crippen molar-refractivity contribution in [3.05, 3.63) is 100 Å². The molecule has 2 aromatic carbocycles. The Morgan fingerprint density at radius 2 is 1.82 bits per heavy atom. The average Bonchev–Trinajstić information content (AvgIpc) is 3.60. The summed E-state index contributed by atoms with van der Waals surface area (Å²) in [5.41, 5.74) is 1.89. The maximum Gasteiger partial charge on any atom is 0.173 e. The minimum absolute atomic E-state index is 0.267. The van der Waals surface area contributed by atoms with Gasteiger partial charge < -0.3 is 4.42 Å². The highest BCUT2D eigenvalue weighted by atomic mass is 35.5. The third-order valence-electron chi connectivity index (χ3n) is 6.25. The van der Waals surface area contributed by atoms with Gasteiger partial charge in [0, 0.05) is 11.6 Å². The molecule has 170 valence electrons. The van der Waals surface area contributed by atoms with Crippen LogP contribution in [-0.2, 0) is 13.1 Å². The summed E-state index contributed by atoms with van der Waals surface area (Å²) in [5.74, 6) is 1.28. The van der Waals surface area contributed by atoms with Crippen LogP contribution in [0, 0.1) is 5.82 Å². The lowest BCUT2D eigenvalue weighted by atomic mass is 10.0. The van der Waals surface area contributed by atoms with Gasteiger partial charge in [-0.15, -0.1) is 5.10 Å². The Hall–Kier alpha value is -3.03. The van der Waals surface area contributed by atoms with Gasteiger partial charge in [-0.05, 0) is 64.7 Å². The van der Waals surface area contributed by atoms with E-state index >= 15 is 0 Å². The smallest absolute Gasteiger partial charge is 0.173 e. The number of nitrogens with zero attached hydrogens (tertiary/aromatic N) is 5. The summed E-state index contributed by atoms with van der Waals surface area (Å²) in [4.78, 5) is 2.23. The van der Waals surface area contributed by atoms with Crippen molar-refractivity contribution in [3.8, 4) is 0 Å². The fraction of sp³-hybridized carbons (Fsp3) is 0.320. The van der Waals surface area contributed by atoms with E-state index in [9.17, 15) is 4.39 Å². The van der Waals surface area contributed by atoms with Gasteiger partial charge in [-0.1, -0.05) is 54.8 Å². The lowest BCUT2D eigenvalue weighted by Gasteiger charge is -2.31. The molecule has 0 radical (unpaired) electrons. The first-order chi connectivity index (χ1) is 16.2. The largest absolute Gasteiger partial charge is 0.468 e. The van der Waals surface area contributed by atoms with Crippen LogP contribution in [0.25, 0.3) is 0 Å². The van der Waals surface area contributed by atoms with Crippen molar-refractivity contribution < 1.29 is 8.81 Å². The topological polar surface area (TPSA) is 60.0 Å². The number of benzene rings is 2. The molecule has 2 heterocycles. The van der Waals surface area contributed by atoms with Crippen LogP contribution in [0.3, 0.4) is 0 Å². The molecule has 1 aliphatic rings. The van der Waals surface area contributed by atoms with Gasteiger partial charge in [0.05, 0.1) is 24.9 Å². The van der Waals surface area contributed by atoms with Gasteiger partial charge in [-0.25, -0.2) is 9.07 Å². The van der Waals surface area contributed by atoms with Crippen LogP contribution in [0.4, 0.5) is 4.39 Å². The molecule has 0 aliphatic heterocycles. The summed E-state index contributed by atoms with van der Waals surface area (Å²) in [6.07, 6.45) is 6.11. The fourth-order valence-electron chi connectivity index (χ4n) is 4.64. The molecule has 0 bridgehead atoms. The van der Waals surface area contributed by atoms with Crippen LogP contribution in [0.5, 0.6) is 0 Å². The van der Waals surface area contributed by atoms with Crippen molar-refractivity contribution in [2.24, 2.45) is 0 Å². The third-order valence-corrected chi connectivity index (χ3v) is 6.62. The number of rotatable bonds is 8. The predicted octanol–water partition coefficient (Wildman–Crippen LogP) is 5.97. The molecule has 1 saturated carbocycles. The van der Waals surface area contributed by atoms with Gasteiger partial charge in [-0.3, -0.25) is 4.90 Å². The zero-order valence-electron chi connectivity index (χ0n) is 18.1. The molecule has 33 heavy (non-hydrogen) atoms. The zero-order valence-corrected chi connectivity index (χ0v) is 18.9. The van der Waals surface area contributed by atoms with Crippen LogP contribution in [0.1, 0.15) is 60.5 Å². The second-order valence-corrected chi connectivity index (χ2v) is 8.86. The summed E-state index contributed by atoms with van der Waals surface area (Å²) < 4.78 is 21.5. The number of hydrogen-bond donors (Lipinski definition) is 0. The van der Waals surface area contributed by atoms with Gasteiger partial charge in [0.1, 0.15) is 11.6 Å².